The third kappa shape index (κ3) is 6.18. The summed E-state index contributed by atoms with van der Waals surface area (Å²) < 4.78 is 0. The topological polar surface area (TPSA) is 73.5 Å². The second-order valence-corrected chi connectivity index (χ2v) is 7.14. The summed E-state index contributed by atoms with van der Waals surface area (Å²) >= 11 is 0. The Hall–Kier alpha value is -1.79. The van der Waals surface area contributed by atoms with Crippen molar-refractivity contribution in [3.63, 3.8) is 0 Å². The average Bonchev–Trinajstić information content (AvgIpc) is 3.45. The SMILES string of the molecule is CC(NC(=O)Nc1ccccc1)C(=O)N1CCC(NCC2CC2)CC1.Cl. The first-order chi connectivity index (χ1) is 12.1. The third-order valence-electron chi connectivity index (χ3n) is 4.95. The van der Waals surface area contributed by atoms with E-state index in [4.69, 9.17) is 0 Å². The fourth-order valence-corrected chi connectivity index (χ4v) is 3.18. The standard InChI is InChI=1S/C19H28N4O2.ClH/c1-14(21-19(25)22-17-5-3-2-4-6-17)18(24)23-11-9-16(10-12-23)20-13-15-7-8-15;/h2-6,14-16,20H,7-13H2,1H3,(H2,21,22,25);1H. The maximum absolute atomic E-state index is 12.5. The minimum atomic E-state index is -0.528. The van der Waals surface area contributed by atoms with Gasteiger partial charge >= 0.3 is 6.03 Å². The van der Waals surface area contributed by atoms with Gasteiger partial charge in [-0.2, -0.15) is 0 Å². The van der Waals surface area contributed by atoms with Gasteiger partial charge in [0, 0.05) is 24.8 Å². The molecule has 0 radical (unpaired) electrons. The molecule has 1 unspecified atom stereocenters. The van der Waals surface area contributed by atoms with Crippen molar-refractivity contribution in [3.05, 3.63) is 30.3 Å². The van der Waals surface area contributed by atoms with Gasteiger partial charge < -0.3 is 20.9 Å². The Morgan fingerprint density at radius 2 is 1.77 bits per heavy atom. The van der Waals surface area contributed by atoms with Gasteiger partial charge in [0.25, 0.3) is 0 Å². The van der Waals surface area contributed by atoms with Crippen molar-refractivity contribution < 1.29 is 9.59 Å². The van der Waals surface area contributed by atoms with E-state index in [2.05, 4.69) is 16.0 Å². The maximum atomic E-state index is 12.5. The molecule has 26 heavy (non-hydrogen) atoms. The number of piperidine rings is 1. The Bertz CT molecular complexity index is 586. The smallest absolute Gasteiger partial charge is 0.319 e. The molecule has 0 aromatic heterocycles. The predicted octanol–water partition coefficient (Wildman–Crippen LogP) is 2.61. The van der Waals surface area contributed by atoms with Crippen LogP contribution >= 0.6 is 12.4 Å². The first kappa shape index (κ1) is 20.5. The molecular formula is C19H29ClN4O2. The number of amides is 3. The second-order valence-electron chi connectivity index (χ2n) is 7.14. The van der Waals surface area contributed by atoms with Gasteiger partial charge in [-0.05, 0) is 57.2 Å². The lowest BCUT2D eigenvalue weighted by atomic mass is 10.0. The van der Waals surface area contributed by atoms with Gasteiger partial charge in [0.05, 0.1) is 0 Å². The number of urea groups is 1. The fourth-order valence-electron chi connectivity index (χ4n) is 3.18. The number of anilines is 1. The zero-order valence-corrected chi connectivity index (χ0v) is 16.1. The zero-order valence-electron chi connectivity index (χ0n) is 15.2. The van der Waals surface area contributed by atoms with E-state index in [-0.39, 0.29) is 24.3 Å². The minimum absolute atomic E-state index is 0. The monoisotopic (exact) mass is 380 g/mol. The van der Waals surface area contributed by atoms with Gasteiger partial charge in [-0.15, -0.1) is 12.4 Å². The van der Waals surface area contributed by atoms with Gasteiger partial charge in [-0.25, -0.2) is 4.79 Å². The quantitative estimate of drug-likeness (QED) is 0.710. The maximum Gasteiger partial charge on any atom is 0.319 e. The van der Waals surface area contributed by atoms with Crippen molar-refractivity contribution in [2.45, 2.75) is 44.7 Å². The highest BCUT2D eigenvalue weighted by Gasteiger charge is 2.28. The Morgan fingerprint density at radius 3 is 2.38 bits per heavy atom. The van der Waals surface area contributed by atoms with Crippen molar-refractivity contribution in [3.8, 4) is 0 Å². The Balaban J connectivity index is 0.00000243. The minimum Gasteiger partial charge on any atom is -0.341 e. The van der Waals surface area contributed by atoms with Crippen molar-refractivity contribution in [2.24, 2.45) is 5.92 Å². The number of likely N-dealkylation sites (tertiary alicyclic amines) is 1. The summed E-state index contributed by atoms with van der Waals surface area (Å²) in [4.78, 5) is 26.4. The van der Waals surface area contributed by atoms with Crippen LogP contribution in [0.1, 0.15) is 32.6 Å². The zero-order chi connectivity index (χ0) is 17.6. The number of hydrogen-bond acceptors (Lipinski definition) is 3. The van der Waals surface area contributed by atoms with E-state index in [0.717, 1.165) is 38.4 Å². The molecule has 1 saturated carbocycles. The van der Waals surface area contributed by atoms with Gasteiger partial charge in [-0.1, -0.05) is 18.2 Å². The van der Waals surface area contributed by atoms with Crippen LogP contribution in [0.4, 0.5) is 10.5 Å². The second kappa shape index (κ2) is 9.78. The molecule has 144 valence electrons. The van der Waals surface area contributed by atoms with Crippen LogP contribution in [0.3, 0.4) is 0 Å². The molecule has 6 nitrogen and oxygen atoms in total. The van der Waals surface area contributed by atoms with Crippen LogP contribution in [-0.4, -0.2) is 48.6 Å². The molecule has 1 heterocycles. The number of carbonyl (C=O) groups excluding carboxylic acids is 2. The first-order valence-electron chi connectivity index (χ1n) is 9.26. The van der Waals surface area contributed by atoms with E-state index in [1.165, 1.54) is 12.8 Å². The van der Waals surface area contributed by atoms with E-state index in [9.17, 15) is 9.59 Å². The third-order valence-corrected chi connectivity index (χ3v) is 4.95. The van der Waals surface area contributed by atoms with Crippen LogP contribution in [0.5, 0.6) is 0 Å². The van der Waals surface area contributed by atoms with Gasteiger partial charge in [0.15, 0.2) is 0 Å². The van der Waals surface area contributed by atoms with Crippen molar-refractivity contribution in [1.29, 1.82) is 0 Å². The lowest BCUT2D eigenvalue weighted by molar-refractivity contribution is -0.133. The molecule has 0 bridgehead atoms. The number of nitrogens with zero attached hydrogens (tertiary/aromatic N) is 1. The van der Waals surface area contributed by atoms with Gasteiger partial charge in [-0.3, -0.25) is 4.79 Å². The molecule has 1 saturated heterocycles. The van der Waals surface area contributed by atoms with Crippen LogP contribution in [0.15, 0.2) is 30.3 Å². The van der Waals surface area contributed by atoms with E-state index in [1.54, 1.807) is 6.92 Å². The van der Waals surface area contributed by atoms with E-state index < -0.39 is 6.04 Å². The van der Waals surface area contributed by atoms with Gasteiger partial charge in [0.2, 0.25) is 5.91 Å². The molecule has 3 N–H and O–H groups in total. The molecule has 1 aliphatic carbocycles. The number of carbonyl (C=O) groups is 2. The summed E-state index contributed by atoms with van der Waals surface area (Å²) in [6.45, 7) is 4.38. The summed E-state index contributed by atoms with van der Waals surface area (Å²) in [5, 5.41) is 9.08. The highest BCUT2D eigenvalue weighted by atomic mass is 35.5. The molecule has 2 fully saturated rings. The number of nitrogens with one attached hydrogen (secondary N) is 3. The van der Waals surface area contributed by atoms with Crippen LogP contribution < -0.4 is 16.0 Å². The highest BCUT2D eigenvalue weighted by Crippen LogP contribution is 2.28. The molecule has 1 atom stereocenters. The van der Waals surface area contributed by atoms with Crippen molar-refractivity contribution in [2.75, 3.05) is 25.0 Å². The Labute approximate surface area is 161 Å². The fraction of sp³-hybridized carbons (Fsp3) is 0.579. The number of hydrogen-bond donors (Lipinski definition) is 3. The lowest BCUT2D eigenvalue weighted by Gasteiger charge is -2.34. The lowest BCUT2D eigenvalue weighted by Crippen LogP contribution is -2.52. The molecule has 3 rings (SSSR count). The summed E-state index contributed by atoms with van der Waals surface area (Å²) in [5.74, 6) is 0.871. The van der Waals surface area contributed by atoms with Crippen LogP contribution in [0, 0.1) is 5.92 Å². The predicted molar refractivity (Wildman–Crippen MR) is 106 cm³/mol. The van der Waals surface area contributed by atoms with Crippen LogP contribution in [0.25, 0.3) is 0 Å². The normalized spacial score (nSPS) is 18.6. The van der Waals surface area contributed by atoms with E-state index >= 15 is 0 Å². The molecule has 2 aliphatic rings. The summed E-state index contributed by atoms with van der Waals surface area (Å²) in [5.41, 5.74) is 0.710. The van der Waals surface area contributed by atoms with Crippen molar-refractivity contribution >= 4 is 30.0 Å². The molecule has 1 aromatic carbocycles. The summed E-state index contributed by atoms with van der Waals surface area (Å²) in [6, 6.07) is 8.86. The Kier molecular flexibility index (Phi) is 7.72. The Morgan fingerprint density at radius 1 is 1.12 bits per heavy atom. The number of rotatable bonds is 6. The summed E-state index contributed by atoms with van der Waals surface area (Å²) in [7, 11) is 0. The molecule has 1 aliphatic heterocycles. The molecular weight excluding hydrogens is 352 g/mol. The van der Waals surface area contributed by atoms with Crippen LogP contribution in [0.2, 0.25) is 0 Å². The van der Waals surface area contributed by atoms with Gasteiger partial charge in [0.1, 0.15) is 6.04 Å². The van der Waals surface area contributed by atoms with E-state index in [1.807, 2.05) is 35.2 Å². The molecule has 7 heteroatoms. The molecule has 1 aromatic rings. The molecule has 0 spiro atoms. The number of halogens is 1. The van der Waals surface area contributed by atoms with Crippen LogP contribution in [-0.2, 0) is 4.79 Å². The molecule has 3 amide bonds. The van der Waals surface area contributed by atoms with Crippen molar-refractivity contribution in [1.82, 2.24) is 15.5 Å². The number of para-hydroxylation sites is 1. The highest BCUT2D eigenvalue weighted by molar-refractivity contribution is 5.93. The first-order valence-corrected chi connectivity index (χ1v) is 9.26. The van der Waals surface area contributed by atoms with E-state index in [0.29, 0.717) is 11.7 Å². The average molecular weight is 381 g/mol. The number of benzene rings is 1. The largest absolute Gasteiger partial charge is 0.341 e. The summed E-state index contributed by atoms with van der Waals surface area (Å²) in [6.07, 6.45) is 4.69.